The van der Waals surface area contributed by atoms with E-state index in [4.69, 9.17) is 51.9 Å². The van der Waals surface area contributed by atoms with Crippen LogP contribution in [-0.4, -0.2) is 38.9 Å². The van der Waals surface area contributed by atoms with Gasteiger partial charge in [-0.05, 0) is 78.2 Å². The van der Waals surface area contributed by atoms with Crippen LogP contribution in [0.2, 0.25) is 10.0 Å². The van der Waals surface area contributed by atoms with Crippen LogP contribution in [0.3, 0.4) is 0 Å². The molecule has 0 aliphatic carbocycles. The second-order valence-electron chi connectivity index (χ2n) is 11.3. The number of fused-ring (bicyclic) bond motifs is 1. The first-order valence-corrected chi connectivity index (χ1v) is 17.2. The summed E-state index contributed by atoms with van der Waals surface area (Å²) in [5.41, 5.74) is 3.00. The molecular formula is C38H33Cl2N3O7S. The van der Waals surface area contributed by atoms with Crippen LogP contribution >= 0.6 is 34.5 Å². The Hall–Kier alpha value is -5.23. The van der Waals surface area contributed by atoms with Crippen molar-refractivity contribution in [2.24, 2.45) is 4.99 Å². The molecule has 5 aromatic rings. The fourth-order valence-electron chi connectivity index (χ4n) is 5.76. The normalized spacial score (nSPS) is 14.0. The maximum Gasteiger partial charge on any atom is 0.271 e. The van der Waals surface area contributed by atoms with E-state index in [1.54, 1.807) is 61.5 Å². The van der Waals surface area contributed by atoms with Gasteiger partial charge >= 0.3 is 0 Å². The highest BCUT2D eigenvalue weighted by Gasteiger charge is 2.34. The minimum Gasteiger partial charge on any atom is -0.493 e. The van der Waals surface area contributed by atoms with Gasteiger partial charge in [-0.1, -0.05) is 64.9 Å². The van der Waals surface area contributed by atoms with E-state index in [2.05, 4.69) is 5.32 Å². The Bertz CT molecular complexity index is 2300. The molecule has 2 heterocycles. The summed E-state index contributed by atoms with van der Waals surface area (Å²) in [5, 5.41) is 3.88. The molecule has 51 heavy (non-hydrogen) atoms. The number of carbonyl (C=O) groups excluding carboxylic acids is 1. The van der Waals surface area contributed by atoms with Gasteiger partial charge in [0.25, 0.3) is 11.5 Å². The molecule has 0 spiro atoms. The number of carbonyl (C=O) groups is 1. The lowest BCUT2D eigenvalue weighted by Crippen LogP contribution is -2.40. The predicted octanol–water partition coefficient (Wildman–Crippen LogP) is 6.79. The Morgan fingerprint density at radius 3 is 2.16 bits per heavy atom. The molecule has 0 saturated carbocycles. The zero-order chi connectivity index (χ0) is 36.2. The molecule has 1 aliphatic rings. The summed E-state index contributed by atoms with van der Waals surface area (Å²) in [6.07, 6.45) is 1.70. The van der Waals surface area contributed by atoms with Crippen LogP contribution in [0.4, 0.5) is 5.69 Å². The number of allylic oxidation sites excluding steroid dienone is 1. The number of methoxy groups -OCH3 is 4. The van der Waals surface area contributed by atoms with E-state index in [0.29, 0.717) is 70.6 Å². The maximum atomic E-state index is 14.4. The van der Waals surface area contributed by atoms with Gasteiger partial charge in [0.2, 0.25) is 5.75 Å². The van der Waals surface area contributed by atoms with Gasteiger partial charge in [0, 0.05) is 10.7 Å². The van der Waals surface area contributed by atoms with E-state index in [0.717, 1.165) is 5.56 Å². The van der Waals surface area contributed by atoms with Crippen LogP contribution in [0.25, 0.3) is 6.08 Å². The number of hydrogen-bond donors (Lipinski definition) is 1. The number of hydrogen-bond acceptors (Lipinski definition) is 9. The Balaban J connectivity index is 1.46. The lowest BCUT2D eigenvalue weighted by atomic mass is 9.94. The third-order valence-corrected chi connectivity index (χ3v) is 9.66. The van der Waals surface area contributed by atoms with Crippen LogP contribution in [0.1, 0.15) is 29.7 Å². The molecule has 1 aliphatic heterocycles. The van der Waals surface area contributed by atoms with Gasteiger partial charge in [-0.15, -0.1) is 0 Å². The Morgan fingerprint density at radius 2 is 1.53 bits per heavy atom. The zero-order valence-corrected chi connectivity index (χ0v) is 30.6. The van der Waals surface area contributed by atoms with Gasteiger partial charge in [-0.2, -0.15) is 0 Å². The summed E-state index contributed by atoms with van der Waals surface area (Å²) in [7, 11) is 6.03. The number of ether oxygens (including phenoxy) is 5. The van der Waals surface area contributed by atoms with Crippen LogP contribution in [0.5, 0.6) is 28.7 Å². The van der Waals surface area contributed by atoms with Gasteiger partial charge in [0.15, 0.2) is 27.8 Å². The van der Waals surface area contributed by atoms with Gasteiger partial charge in [-0.25, -0.2) is 4.99 Å². The average molecular weight is 747 g/mol. The smallest absolute Gasteiger partial charge is 0.271 e. The molecule has 0 radical (unpaired) electrons. The van der Waals surface area contributed by atoms with Crippen LogP contribution in [-0.2, 0) is 11.4 Å². The summed E-state index contributed by atoms with van der Waals surface area (Å²) in [4.78, 5) is 33.6. The van der Waals surface area contributed by atoms with E-state index in [1.165, 1.54) is 44.3 Å². The molecule has 0 bridgehead atoms. The van der Waals surface area contributed by atoms with E-state index >= 15 is 0 Å². The van der Waals surface area contributed by atoms with E-state index in [1.807, 2.05) is 30.3 Å². The Morgan fingerprint density at radius 1 is 0.882 bits per heavy atom. The van der Waals surface area contributed by atoms with Crippen molar-refractivity contribution in [2.75, 3.05) is 33.8 Å². The van der Waals surface area contributed by atoms with E-state index in [-0.39, 0.29) is 17.7 Å². The van der Waals surface area contributed by atoms with Gasteiger partial charge in [-0.3, -0.25) is 14.2 Å². The first-order chi connectivity index (χ1) is 24.6. The fraction of sp³-hybridized carbons (Fsp3) is 0.184. The van der Waals surface area contributed by atoms with Crippen molar-refractivity contribution in [3.8, 4) is 28.7 Å². The number of aromatic nitrogens is 1. The summed E-state index contributed by atoms with van der Waals surface area (Å²) in [6.45, 7) is 1.99. The molecule has 6 rings (SSSR count). The second-order valence-corrected chi connectivity index (χ2v) is 13.2. The lowest BCUT2D eigenvalue weighted by molar-refractivity contribution is -0.113. The van der Waals surface area contributed by atoms with Gasteiger partial charge in [0.05, 0.1) is 55.3 Å². The van der Waals surface area contributed by atoms with Crippen molar-refractivity contribution in [1.29, 1.82) is 0 Å². The number of anilines is 1. The number of amides is 1. The number of para-hydroxylation sites is 1. The minimum absolute atomic E-state index is 0.242. The molecule has 10 nitrogen and oxygen atoms in total. The molecule has 1 atom stereocenters. The average Bonchev–Trinajstić information content (AvgIpc) is 3.43. The first-order valence-electron chi connectivity index (χ1n) is 15.6. The molecule has 1 aromatic heterocycles. The number of rotatable bonds is 11. The molecular weight excluding hydrogens is 713 g/mol. The number of benzene rings is 4. The largest absolute Gasteiger partial charge is 0.493 e. The van der Waals surface area contributed by atoms with Gasteiger partial charge in [0.1, 0.15) is 6.61 Å². The van der Waals surface area contributed by atoms with Crippen molar-refractivity contribution in [3.63, 3.8) is 0 Å². The molecule has 1 amide bonds. The topological polar surface area (TPSA) is 110 Å². The summed E-state index contributed by atoms with van der Waals surface area (Å²) < 4.78 is 30.4. The third kappa shape index (κ3) is 7.32. The highest BCUT2D eigenvalue weighted by Crippen LogP contribution is 2.42. The highest BCUT2D eigenvalue weighted by atomic mass is 35.5. The summed E-state index contributed by atoms with van der Waals surface area (Å²) >= 11 is 13.9. The van der Waals surface area contributed by atoms with Crippen LogP contribution < -0.4 is 43.9 Å². The molecule has 0 fully saturated rings. The zero-order valence-electron chi connectivity index (χ0n) is 28.3. The standard InChI is InChI=1S/C38H33Cl2N3O7S/c1-21-32(36(44)42-26-9-7-6-8-10-26)33(24-18-29(47-3)35(49-5)30(19-24)48-4)43-37(45)31(51-38(43)41-21)17-23-15-27(40)34(28(16-23)46-2)50-20-22-11-13-25(39)14-12-22/h6-19,33H,20H2,1-5H3,(H,42,44)/b31-17-/t33-/m1/s1. The lowest BCUT2D eigenvalue weighted by Gasteiger charge is -2.26. The van der Waals surface area contributed by atoms with Crippen LogP contribution in [0.15, 0.2) is 99.9 Å². The molecule has 13 heteroatoms. The SMILES string of the molecule is COc1cc(/C=c2\sc3n(c2=O)[C@H](c2cc(OC)c(OC)c(OC)c2)C(C(=O)Nc2ccccc2)=C(C)N=3)cc(Cl)c1OCc1ccc(Cl)cc1. The molecule has 0 unspecified atom stereocenters. The van der Waals surface area contributed by atoms with Crippen molar-refractivity contribution in [1.82, 2.24) is 4.57 Å². The van der Waals surface area contributed by atoms with Crippen molar-refractivity contribution in [2.45, 2.75) is 19.6 Å². The highest BCUT2D eigenvalue weighted by molar-refractivity contribution is 7.07. The van der Waals surface area contributed by atoms with Crippen LogP contribution in [0, 0.1) is 0 Å². The first kappa shape index (κ1) is 35.6. The van der Waals surface area contributed by atoms with Gasteiger partial charge < -0.3 is 29.0 Å². The number of nitrogens with zero attached hydrogens (tertiary/aromatic N) is 2. The Kier molecular flexibility index (Phi) is 10.7. The maximum absolute atomic E-state index is 14.4. The number of thiazole rings is 1. The summed E-state index contributed by atoms with van der Waals surface area (Å²) in [6, 6.07) is 22.3. The van der Waals surface area contributed by atoms with Crippen molar-refractivity contribution in [3.05, 3.63) is 137 Å². The number of halogens is 2. The van der Waals surface area contributed by atoms with E-state index < -0.39 is 11.9 Å². The third-order valence-electron chi connectivity index (χ3n) is 8.15. The minimum atomic E-state index is -0.900. The summed E-state index contributed by atoms with van der Waals surface area (Å²) in [5.74, 6) is 1.44. The van der Waals surface area contributed by atoms with Crippen molar-refractivity contribution < 1.29 is 28.5 Å². The predicted molar refractivity (Wildman–Crippen MR) is 199 cm³/mol. The fourth-order valence-corrected chi connectivity index (χ4v) is 7.20. The number of nitrogens with one attached hydrogen (secondary N) is 1. The quantitative estimate of drug-likeness (QED) is 0.159. The molecule has 1 N–H and O–H groups in total. The molecule has 4 aromatic carbocycles. The van der Waals surface area contributed by atoms with E-state index in [9.17, 15) is 9.59 Å². The van der Waals surface area contributed by atoms with Crippen molar-refractivity contribution >= 4 is 52.2 Å². The Labute approximate surface area is 307 Å². The second kappa shape index (κ2) is 15.3. The molecule has 0 saturated heterocycles. The monoisotopic (exact) mass is 745 g/mol. The molecule has 262 valence electrons.